The fraction of sp³-hybridized carbons (Fsp3) is 0.625. The van der Waals surface area contributed by atoms with E-state index in [0.717, 1.165) is 0 Å². The zero-order valence-electron chi connectivity index (χ0n) is 7.26. The molecule has 3 nitrogen and oxygen atoms in total. The van der Waals surface area contributed by atoms with Gasteiger partial charge in [-0.05, 0) is 13.8 Å². The molecule has 0 saturated heterocycles. The van der Waals surface area contributed by atoms with E-state index in [2.05, 4.69) is 16.6 Å². The van der Waals surface area contributed by atoms with Crippen molar-refractivity contribution in [2.75, 3.05) is 7.11 Å². The predicted octanol–water partition coefficient (Wildman–Crippen LogP) is 0.712. The summed E-state index contributed by atoms with van der Waals surface area (Å²) >= 11 is 0. The number of carbonyl (C=O) groups is 1. The van der Waals surface area contributed by atoms with E-state index in [4.69, 9.17) is 0 Å². The van der Waals surface area contributed by atoms with Crippen LogP contribution in [0, 0.1) is 0 Å². The van der Waals surface area contributed by atoms with Gasteiger partial charge >= 0.3 is 5.97 Å². The Kier molecular flexibility index (Phi) is 4.54. The number of carbonyl (C=O) groups excluding carboxylic acids is 1. The molecular weight excluding hydrogens is 142 g/mol. The van der Waals surface area contributed by atoms with Crippen molar-refractivity contribution >= 4 is 5.97 Å². The molecule has 0 aromatic heterocycles. The molecule has 0 amide bonds. The van der Waals surface area contributed by atoms with Crippen molar-refractivity contribution in [2.24, 2.45) is 0 Å². The standard InChI is InChI=1S/C8H15NO2/c1-5-6(2)9-7(3)8(10)11-4/h5-7,9H,1H2,2-4H3. The Bertz CT molecular complexity index is 145. The highest BCUT2D eigenvalue weighted by atomic mass is 16.5. The SMILES string of the molecule is C=CC(C)NC(C)C(=O)OC. The molecule has 0 saturated carbocycles. The van der Waals surface area contributed by atoms with Gasteiger partial charge in [0.15, 0.2) is 0 Å². The van der Waals surface area contributed by atoms with Gasteiger partial charge in [0.1, 0.15) is 6.04 Å². The molecule has 0 bridgehead atoms. The molecule has 2 atom stereocenters. The lowest BCUT2D eigenvalue weighted by atomic mass is 10.2. The molecule has 0 heterocycles. The minimum absolute atomic E-state index is 0.129. The maximum Gasteiger partial charge on any atom is 0.322 e. The molecule has 64 valence electrons. The monoisotopic (exact) mass is 157 g/mol. The summed E-state index contributed by atoms with van der Waals surface area (Å²) in [5, 5.41) is 2.99. The smallest absolute Gasteiger partial charge is 0.322 e. The first-order valence-corrected chi connectivity index (χ1v) is 3.58. The second-order valence-electron chi connectivity index (χ2n) is 2.44. The summed E-state index contributed by atoms with van der Waals surface area (Å²) in [6, 6.07) is -0.142. The van der Waals surface area contributed by atoms with Gasteiger partial charge < -0.3 is 4.74 Å². The van der Waals surface area contributed by atoms with E-state index >= 15 is 0 Å². The molecule has 11 heavy (non-hydrogen) atoms. The summed E-state index contributed by atoms with van der Waals surface area (Å²) in [5.74, 6) is -0.251. The Hall–Kier alpha value is -0.830. The second kappa shape index (κ2) is 4.91. The van der Waals surface area contributed by atoms with Crippen LogP contribution in [0.15, 0.2) is 12.7 Å². The molecule has 0 aliphatic rings. The fourth-order valence-electron chi connectivity index (χ4n) is 0.707. The zero-order valence-corrected chi connectivity index (χ0v) is 7.26. The minimum atomic E-state index is -0.270. The van der Waals surface area contributed by atoms with Crippen LogP contribution in [0.2, 0.25) is 0 Å². The van der Waals surface area contributed by atoms with E-state index in [1.807, 2.05) is 6.92 Å². The van der Waals surface area contributed by atoms with E-state index in [1.165, 1.54) is 7.11 Å². The second-order valence-corrected chi connectivity index (χ2v) is 2.44. The van der Waals surface area contributed by atoms with Crippen LogP contribution in [0.3, 0.4) is 0 Å². The molecule has 0 aliphatic carbocycles. The van der Waals surface area contributed by atoms with Crippen LogP contribution in [0.1, 0.15) is 13.8 Å². The van der Waals surface area contributed by atoms with E-state index in [1.54, 1.807) is 13.0 Å². The van der Waals surface area contributed by atoms with E-state index in [0.29, 0.717) is 0 Å². The van der Waals surface area contributed by atoms with Crippen LogP contribution in [0.25, 0.3) is 0 Å². The Morgan fingerprint density at radius 1 is 1.64 bits per heavy atom. The topological polar surface area (TPSA) is 38.3 Å². The Labute approximate surface area is 67.4 Å². The largest absolute Gasteiger partial charge is 0.468 e. The maximum absolute atomic E-state index is 10.8. The van der Waals surface area contributed by atoms with Crippen molar-refractivity contribution < 1.29 is 9.53 Å². The quantitative estimate of drug-likeness (QED) is 0.482. The normalized spacial score (nSPS) is 15.2. The summed E-state index contributed by atoms with van der Waals surface area (Å²) < 4.78 is 4.52. The highest BCUT2D eigenvalue weighted by Crippen LogP contribution is 1.90. The molecular formula is C8H15NO2. The van der Waals surface area contributed by atoms with Gasteiger partial charge in [-0.1, -0.05) is 6.08 Å². The van der Waals surface area contributed by atoms with Crippen molar-refractivity contribution in [2.45, 2.75) is 25.9 Å². The summed E-state index contributed by atoms with van der Waals surface area (Å²) in [4.78, 5) is 10.8. The summed E-state index contributed by atoms with van der Waals surface area (Å²) in [6.45, 7) is 7.26. The van der Waals surface area contributed by atoms with Crippen LogP contribution in [0.4, 0.5) is 0 Å². The third kappa shape index (κ3) is 3.78. The molecule has 0 aromatic rings. The summed E-state index contributed by atoms with van der Waals surface area (Å²) in [5.41, 5.74) is 0. The zero-order chi connectivity index (χ0) is 8.85. The first kappa shape index (κ1) is 10.2. The van der Waals surface area contributed by atoms with Crippen molar-refractivity contribution in [3.05, 3.63) is 12.7 Å². The average molecular weight is 157 g/mol. The molecule has 0 aliphatic heterocycles. The van der Waals surface area contributed by atoms with Crippen LogP contribution in [0.5, 0.6) is 0 Å². The van der Waals surface area contributed by atoms with Gasteiger partial charge in [0, 0.05) is 6.04 Å². The van der Waals surface area contributed by atoms with Crippen molar-refractivity contribution in [1.82, 2.24) is 5.32 Å². The van der Waals surface area contributed by atoms with Crippen LogP contribution >= 0.6 is 0 Å². The third-order valence-electron chi connectivity index (χ3n) is 1.42. The fourth-order valence-corrected chi connectivity index (χ4v) is 0.707. The highest BCUT2D eigenvalue weighted by molar-refractivity contribution is 5.75. The first-order valence-electron chi connectivity index (χ1n) is 3.58. The highest BCUT2D eigenvalue weighted by Gasteiger charge is 2.13. The van der Waals surface area contributed by atoms with Gasteiger partial charge in [-0.25, -0.2) is 0 Å². The first-order chi connectivity index (χ1) is 5.11. The number of rotatable bonds is 4. The van der Waals surface area contributed by atoms with Gasteiger partial charge in [-0.2, -0.15) is 0 Å². The number of nitrogens with one attached hydrogen (secondary N) is 1. The number of hydrogen-bond acceptors (Lipinski definition) is 3. The van der Waals surface area contributed by atoms with E-state index in [9.17, 15) is 4.79 Å². The van der Waals surface area contributed by atoms with E-state index < -0.39 is 0 Å². The van der Waals surface area contributed by atoms with Gasteiger partial charge in [-0.15, -0.1) is 6.58 Å². The van der Waals surface area contributed by atoms with Crippen molar-refractivity contribution in [1.29, 1.82) is 0 Å². The number of methoxy groups -OCH3 is 1. The molecule has 0 radical (unpaired) electrons. The Balaban J connectivity index is 3.76. The molecule has 0 spiro atoms. The summed E-state index contributed by atoms with van der Waals surface area (Å²) in [6.07, 6.45) is 1.74. The molecule has 0 rings (SSSR count). The lowest BCUT2D eigenvalue weighted by Gasteiger charge is -2.14. The van der Waals surface area contributed by atoms with Gasteiger partial charge in [0.2, 0.25) is 0 Å². The lowest BCUT2D eigenvalue weighted by Crippen LogP contribution is -2.39. The molecule has 1 N–H and O–H groups in total. The number of esters is 1. The molecule has 0 fully saturated rings. The van der Waals surface area contributed by atoms with Crippen LogP contribution in [-0.4, -0.2) is 25.2 Å². The number of ether oxygens (including phenoxy) is 1. The van der Waals surface area contributed by atoms with Crippen LogP contribution in [-0.2, 0) is 9.53 Å². The summed E-state index contributed by atoms with van der Waals surface area (Å²) in [7, 11) is 1.37. The predicted molar refractivity (Wildman–Crippen MR) is 44.3 cm³/mol. The number of hydrogen-bond donors (Lipinski definition) is 1. The van der Waals surface area contributed by atoms with Gasteiger partial charge in [0.25, 0.3) is 0 Å². The lowest BCUT2D eigenvalue weighted by molar-refractivity contribution is -0.142. The Morgan fingerprint density at radius 3 is 2.55 bits per heavy atom. The molecule has 2 unspecified atom stereocenters. The van der Waals surface area contributed by atoms with Crippen molar-refractivity contribution in [3.63, 3.8) is 0 Å². The minimum Gasteiger partial charge on any atom is -0.468 e. The molecule has 3 heteroatoms. The molecule has 0 aromatic carbocycles. The third-order valence-corrected chi connectivity index (χ3v) is 1.42. The average Bonchev–Trinajstić information content (AvgIpc) is 2.02. The van der Waals surface area contributed by atoms with Gasteiger partial charge in [-0.3, -0.25) is 10.1 Å². The van der Waals surface area contributed by atoms with Gasteiger partial charge in [0.05, 0.1) is 7.11 Å². The van der Waals surface area contributed by atoms with E-state index in [-0.39, 0.29) is 18.1 Å². The van der Waals surface area contributed by atoms with Crippen LogP contribution < -0.4 is 5.32 Å². The Morgan fingerprint density at radius 2 is 2.18 bits per heavy atom. The van der Waals surface area contributed by atoms with Crippen molar-refractivity contribution in [3.8, 4) is 0 Å². The maximum atomic E-state index is 10.8.